The molecule has 4 heteroatoms. The summed E-state index contributed by atoms with van der Waals surface area (Å²) in [6.45, 7) is 4.24. The van der Waals surface area contributed by atoms with Crippen LogP contribution in [0.3, 0.4) is 0 Å². The minimum absolute atomic E-state index is 0.339. The van der Waals surface area contributed by atoms with Crippen LogP contribution in [0.1, 0.15) is 42.1 Å². The molecular formula is C18H19BrO3. The van der Waals surface area contributed by atoms with Gasteiger partial charge in [0.25, 0.3) is 0 Å². The molecule has 2 aromatic rings. The van der Waals surface area contributed by atoms with Gasteiger partial charge in [0.1, 0.15) is 11.5 Å². The second kappa shape index (κ2) is 7.45. The van der Waals surface area contributed by atoms with Crippen molar-refractivity contribution in [1.82, 2.24) is 0 Å². The Hall–Kier alpha value is -1.81. The van der Waals surface area contributed by atoms with Crippen molar-refractivity contribution < 1.29 is 14.3 Å². The van der Waals surface area contributed by atoms with E-state index in [9.17, 15) is 4.79 Å². The van der Waals surface area contributed by atoms with Crippen LogP contribution in [0, 0.1) is 0 Å². The number of hydrogen-bond donors (Lipinski definition) is 0. The Morgan fingerprint density at radius 1 is 1.18 bits per heavy atom. The quantitative estimate of drug-likeness (QED) is 0.542. The van der Waals surface area contributed by atoms with Gasteiger partial charge >= 0.3 is 5.97 Å². The van der Waals surface area contributed by atoms with Crippen molar-refractivity contribution in [1.29, 1.82) is 0 Å². The Balaban J connectivity index is 2.24. The van der Waals surface area contributed by atoms with Crippen LogP contribution in [0.5, 0.6) is 11.5 Å². The molecule has 0 bridgehead atoms. The van der Waals surface area contributed by atoms with E-state index in [1.54, 1.807) is 25.3 Å². The smallest absolute Gasteiger partial charge is 0.343 e. The van der Waals surface area contributed by atoms with Gasteiger partial charge in [-0.3, -0.25) is 0 Å². The molecule has 0 aliphatic heterocycles. The van der Waals surface area contributed by atoms with E-state index in [1.807, 2.05) is 24.3 Å². The van der Waals surface area contributed by atoms with Gasteiger partial charge in [-0.2, -0.15) is 0 Å². The van der Waals surface area contributed by atoms with Crippen LogP contribution >= 0.6 is 15.9 Å². The highest BCUT2D eigenvalue weighted by atomic mass is 79.9. The fourth-order valence-electron chi connectivity index (χ4n) is 2.15. The Morgan fingerprint density at radius 2 is 1.91 bits per heavy atom. The topological polar surface area (TPSA) is 35.5 Å². The van der Waals surface area contributed by atoms with Crippen LogP contribution in [-0.2, 0) is 0 Å². The zero-order valence-electron chi connectivity index (χ0n) is 12.9. The zero-order chi connectivity index (χ0) is 16.1. The van der Waals surface area contributed by atoms with Crippen molar-refractivity contribution in [2.45, 2.75) is 26.2 Å². The van der Waals surface area contributed by atoms with Gasteiger partial charge in [-0.15, -0.1) is 0 Å². The molecule has 0 aliphatic rings. The highest BCUT2D eigenvalue weighted by Crippen LogP contribution is 2.30. The molecule has 0 N–H and O–H groups in total. The Kier molecular flexibility index (Phi) is 5.61. The predicted molar refractivity (Wildman–Crippen MR) is 90.8 cm³/mol. The summed E-state index contributed by atoms with van der Waals surface area (Å²) in [6, 6.07) is 12.8. The van der Waals surface area contributed by atoms with Gasteiger partial charge in [0.2, 0.25) is 0 Å². The molecule has 0 radical (unpaired) electrons. The summed E-state index contributed by atoms with van der Waals surface area (Å²) in [4.78, 5) is 12.3. The third-order valence-corrected chi connectivity index (χ3v) is 4.27. The van der Waals surface area contributed by atoms with Crippen LogP contribution in [0.25, 0.3) is 0 Å². The summed E-state index contributed by atoms with van der Waals surface area (Å²) in [7, 11) is 1.58. The van der Waals surface area contributed by atoms with Crippen molar-refractivity contribution in [3.05, 3.63) is 58.1 Å². The van der Waals surface area contributed by atoms with E-state index in [2.05, 4.69) is 29.8 Å². The maximum Gasteiger partial charge on any atom is 0.343 e. The number of benzene rings is 2. The molecular weight excluding hydrogens is 344 g/mol. The van der Waals surface area contributed by atoms with E-state index in [0.717, 1.165) is 16.5 Å². The minimum atomic E-state index is -0.376. The predicted octanol–water partition coefficient (Wildman–Crippen LogP) is 5.19. The Morgan fingerprint density at radius 3 is 2.55 bits per heavy atom. The highest BCUT2D eigenvalue weighted by Gasteiger charge is 2.15. The average Bonchev–Trinajstić information content (AvgIpc) is 2.54. The van der Waals surface area contributed by atoms with Gasteiger partial charge in [0.15, 0.2) is 0 Å². The molecule has 1 atom stereocenters. The first-order chi connectivity index (χ1) is 10.6. The van der Waals surface area contributed by atoms with E-state index in [-0.39, 0.29) is 5.97 Å². The van der Waals surface area contributed by atoms with Gasteiger partial charge < -0.3 is 9.47 Å². The number of esters is 1. The van der Waals surface area contributed by atoms with E-state index in [1.165, 1.54) is 0 Å². The molecule has 0 aromatic heterocycles. The lowest BCUT2D eigenvalue weighted by atomic mass is 9.98. The van der Waals surface area contributed by atoms with Crippen LogP contribution < -0.4 is 9.47 Å². The number of ether oxygens (including phenoxy) is 2. The monoisotopic (exact) mass is 362 g/mol. The first-order valence-corrected chi connectivity index (χ1v) is 8.00. The highest BCUT2D eigenvalue weighted by molar-refractivity contribution is 9.10. The second-order valence-corrected chi connectivity index (χ2v) is 5.94. The van der Waals surface area contributed by atoms with Crippen LogP contribution in [0.4, 0.5) is 0 Å². The number of methoxy groups -OCH3 is 1. The average molecular weight is 363 g/mol. The summed E-state index contributed by atoms with van der Waals surface area (Å²) in [5, 5.41) is 0. The third kappa shape index (κ3) is 3.69. The van der Waals surface area contributed by atoms with Crippen molar-refractivity contribution in [2.75, 3.05) is 7.11 Å². The van der Waals surface area contributed by atoms with Crippen LogP contribution in [0.15, 0.2) is 46.9 Å². The molecule has 22 heavy (non-hydrogen) atoms. The molecule has 116 valence electrons. The normalized spacial score (nSPS) is 11.8. The number of hydrogen-bond acceptors (Lipinski definition) is 3. The van der Waals surface area contributed by atoms with Crippen LogP contribution in [0.2, 0.25) is 0 Å². The molecule has 0 saturated carbocycles. The van der Waals surface area contributed by atoms with E-state index >= 15 is 0 Å². The molecule has 0 aliphatic carbocycles. The third-order valence-electron chi connectivity index (χ3n) is 3.65. The largest absolute Gasteiger partial charge is 0.496 e. The SMILES string of the molecule is CCC(C)c1ccccc1OC(=O)c1ccc(OC)c(Br)c1. The van der Waals surface area contributed by atoms with Crippen molar-refractivity contribution in [3.63, 3.8) is 0 Å². The van der Waals surface area contributed by atoms with Crippen molar-refractivity contribution >= 4 is 21.9 Å². The van der Waals surface area contributed by atoms with Gasteiger partial charge in [0.05, 0.1) is 17.1 Å². The first-order valence-electron chi connectivity index (χ1n) is 7.21. The molecule has 2 rings (SSSR count). The maximum absolute atomic E-state index is 12.3. The van der Waals surface area contributed by atoms with Gasteiger partial charge in [-0.1, -0.05) is 32.0 Å². The molecule has 3 nitrogen and oxygen atoms in total. The molecule has 0 amide bonds. The number of carbonyl (C=O) groups excluding carboxylic acids is 1. The summed E-state index contributed by atoms with van der Waals surface area (Å²) in [5.74, 6) is 1.26. The first kappa shape index (κ1) is 16.6. The summed E-state index contributed by atoms with van der Waals surface area (Å²) in [6.07, 6.45) is 0.989. The van der Waals surface area contributed by atoms with E-state index < -0.39 is 0 Å². The molecule has 2 aromatic carbocycles. The summed E-state index contributed by atoms with van der Waals surface area (Å²) < 4.78 is 11.5. The van der Waals surface area contributed by atoms with Crippen LogP contribution in [-0.4, -0.2) is 13.1 Å². The number of rotatable bonds is 5. The molecule has 0 spiro atoms. The molecule has 0 saturated heterocycles. The van der Waals surface area contributed by atoms with Crippen molar-refractivity contribution in [2.24, 2.45) is 0 Å². The molecule has 0 heterocycles. The summed E-state index contributed by atoms with van der Waals surface area (Å²) >= 11 is 3.38. The van der Waals surface area contributed by atoms with Gasteiger partial charge in [-0.25, -0.2) is 4.79 Å². The fourth-order valence-corrected chi connectivity index (χ4v) is 2.69. The lowest BCUT2D eigenvalue weighted by Crippen LogP contribution is -2.10. The van der Waals surface area contributed by atoms with Gasteiger partial charge in [0, 0.05) is 0 Å². The fraction of sp³-hybridized carbons (Fsp3) is 0.278. The number of halogens is 1. The number of carbonyl (C=O) groups is 1. The second-order valence-electron chi connectivity index (χ2n) is 5.09. The Bertz CT molecular complexity index is 667. The standard InChI is InChI=1S/C18H19BrO3/c1-4-12(2)14-7-5-6-8-16(14)22-18(20)13-9-10-17(21-3)15(19)11-13/h5-12H,4H2,1-3H3. The summed E-state index contributed by atoms with van der Waals surface area (Å²) in [5.41, 5.74) is 1.53. The lowest BCUT2D eigenvalue weighted by Gasteiger charge is -2.14. The Labute approximate surface area is 139 Å². The van der Waals surface area contributed by atoms with Gasteiger partial charge in [-0.05, 0) is 58.1 Å². The lowest BCUT2D eigenvalue weighted by molar-refractivity contribution is 0.0732. The molecule has 1 unspecified atom stereocenters. The minimum Gasteiger partial charge on any atom is -0.496 e. The van der Waals surface area contributed by atoms with E-state index in [0.29, 0.717) is 23.0 Å². The molecule has 0 fully saturated rings. The van der Waals surface area contributed by atoms with Crippen molar-refractivity contribution in [3.8, 4) is 11.5 Å². The number of para-hydroxylation sites is 1. The maximum atomic E-state index is 12.3. The van der Waals surface area contributed by atoms with E-state index in [4.69, 9.17) is 9.47 Å². The zero-order valence-corrected chi connectivity index (χ0v) is 14.5.